The van der Waals surface area contributed by atoms with E-state index in [0.29, 0.717) is 22.8 Å². The van der Waals surface area contributed by atoms with Crippen molar-refractivity contribution < 1.29 is 38.5 Å². The molecule has 13 heteroatoms. The van der Waals surface area contributed by atoms with E-state index < -0.39 is 51.1 Å². The Hall–Kier alpha value is -4.32. The van der Waals surface area contributed by atoms with Crippen LogP contribution in [0.4, 0.5) is 5.69 Å². The van der Waals surface area contributed by atoms with Crippen LogP contribution < -0.4 is 19.1 Å². The first-order valence-corrected chi connectivity index (χ1v) is 18.1. The van der Waals surface area contributed by atoms with Gasteiger partial charge in [-0.3, -0.25) is 29.0 Å². The molecule has 2 aliphatic carbocycles. The van der Waals surface area contributed by atoms with Gasteiger partial charge in [-0.15, -0.1) is 23.2 Å². The largest absolute Gasteiger partial charge is 0.508 e. The van der Waals surface area contributed by atoms with Crippen molar-refractivity contribution in [3.8, 4) is 23.0 Å². The quantitative estimate of drug-likeness (QED) is 0.0902. The summed E-state index contributed by atoms with van der Waals surface area (Å²) in [6, 6.07) is 17.1. The van der Waals surface area contributed by atoms with Crippen LogP contribution in [-0.4, -0.2) is 70.2 Å². The van der Waals surface area contributed by atoms with E-state index in [1.165, 1.54) is 18.1 Å². The molecule has 1 N–H and O–H groups in total. The van der Waals surface area contributed by atoms with Gasteiger partial charge in [0.15, 0.2) is 9.75 Å². The van der Waals surface area contributed by atoms with Gasteiger partial charge in [0, 0.05) is 17.0 Å². The minimum atomic E-state index is -2.07. The summed E-state index contributed by atoms with van der Waals surface area (Å²) in [6.07, 6.45) is 5.59. The van der Waals surface area contributed by atoms with E-state index in [9.17, 15) is 24.3 Å². The van der Waals surface area contributed by atoms with Crippen molar-refractivity contribution >= 4 is 80.6 Å². The average Bonchev–Trinajstić information content (AvgIpc) is 3.48. The number of allylic oxidation sites excluding steroid dienone is 2. The first-order valence-electron chi connectivity index (χ1n) is 16.2. The second kappa shape index (κ2) is 13.0. The maximum atomic E-state index is 14.4. The van der Waals surface area contributed by atoms with Crippen molar-refractivity contribution in [3.05, 3.63) is 89.0 Å². The Morgan fingerprint density at radius 2 is 1.61 bits per heavy atom. The fourth-order valence-corrected chi connectivity index (χ4v) is 9.62. The smallest absolute Gasteiger partial charge is 0.254 e. The van der Waals surface area contributed by atoms with E-state index in [0.717, 1.165) is 16.0 Å². The number of hydrogen-bond donors (Lipinski definition) is 1. The minimum Gasteiger partial charge on any atom is -0.508 e. The molecule has 1 saturated carbocycles. The third kappa shape index (κ3) is 5.10. The molecule has 264 valence electrons. The summed E-state index contributed by atoms with van der Waals surface area (Å²) in [4.78, 5) is 54.5. The van der Waals surface area contributed by atoms with Crippen LogP contribution in [0.5, 0.6) is 23.0 Å². The van der Waals surface area contributed by atoms with Crippen molar-refractivity contribution in [2.24, 2.45) is 17.8 Å². The molecule has 2 aliphatic heterocycles. The van der Waals surface area contributed by atoms with Gasteiger partial charge in [0.05, 0.1) is 44.3 Å². The maximum absolute atomic E-state index is 14.4. The molecule has 51 heavy (non-hydrogen) atoms. The van der Waals surface area contributed by atoms with Crippen molar-refractivity contribution in [2.45, 2.75) is 28.5 Å². The first-order chi connectivity index (χ1) is 24.4. The lowest BCUT2D eigenvalue weighted by Gasteiger charge is -2.50. The number of ether oxygens (including phenoxy) is 3. The zero-order valence-electron chi connectivity index (χ0n) is 27.8. The molecular formula is C38H33BrCl2N2O8. The van der Waals surface area contributed by atoms with E-state index in [1.807, 2.05) is 36.4 Å². The topological polar surface area (TPSA) is 123 Å². The molecule has 0 radical (unpaired) electrons. The molecule has 0 bridgehead atoms. The highest BCUT2D eigenvalue weighted by Gasteiger charge is 2.76. The Morgan fingerprint density at radius 1 is 0.882 bits per heavy atom. The van der Waals surface area contributed by atoms with E-state index in [4.69, 9.17) is 37.4 Å². The number of halogens is 3. The van der Waals surface area contributed by atoms with Gasteiger partial charge >= 0.3 is 0 Å². The van der Waals surface area contributed by atoms with Crippen molar-refractivity contribution in [1.29, 1.82) is 0 Å². The molecule has 0 unspecified atom stereocenters. The van der Waals surface area contributed by atoms with Crippen LogP contribution >= 0.6 is 39.1 Å². The standard InChI is InChI=1S/C38H33BrCl2N2O8/c1-49-23-13-16-28(50-2)21(17-23)10-7-20-8-11-22(12-9-20)43-33(45)25-15-14-24-26(30(25)34(43)46)18-37(40)35(47)42(19-39)36(48)38(37,41)32(24)31-27(44)5-4-6-29(31)51-3/h4-14,16-17,25-26,30,32,44H,15,18-19H2,1-3H3/t25-,26+,30-,32+,37+,38-/m0/s1. The summed E-state index contributed by atoms with van der Waals surface area (Å²) in [6.45, 7) is 0. The van der Waals surface area contributed by atoms with Crippen LogP contribution in [0.2, 0.25) is 0 Å². The lowest BCUT2D eigenvalue weighted by Crippen LogP contribution is -2.60. The van der Waals surface area contributed by atoms with E-state index in [1.54, 1.807) is 50.6 Å². The first kappa shape index (κ1) is 35.1. The van der Waals surface area contributed by atoms with Gasteiger partial charge in [-0.2, -0.15) is 0 Å². The summed E-state index contributed by atoms with van der Waals surface area (Å²) in [5.41, 5.74) is 2.60. The fourth-order valence-electron chi connectivity index (χ4n) is 8.22. The fraction of sp³-hybridized carbons (Fsp3) is 0.316. The number of carbonyl (C=O) groups is 4. The molecule has 2 heterocycles. The molecule has 3 aromatic rings. The Morgan fingerprint density at radius 3 is 2.27 bits per heavy atom. The molecule has 10 nitrogen and oxygen atoms in total. The number of rotatable bonds is 8. The SMILES string of the molecule is COc1ccc(OC)c(C=Cc2ccc(N3C(=O)[C@H]4[C@H](CC=C5[C@H]4C[C@@]4(Cl)C(=O)N(CBr)C(=O)[C@@]4(Cl)[C@H]5c4c(O)cccc4OC)C3=O)cc2)c1. The summed E-state index contributed by atoms with van der Waals surface area (Å²) in [7, 11) is 4.59. The number of anilines is 1. The molecule has 0 spiro atoms. The zero-order chi connectivity index (χ0) is 36.4. The molecular weight excluding hydrogens is 763 g/mol. The highest BCUT2D eigenvalue weighted by atomic mass is 79.9. The van der Waals surface area contributed by atoms with Crippen LogP contribution in [0, 0.1) is 17.8 Å². The number of nitrogens with zero attached hydrogens (tertiary/aromatic N) is 2. The number of fused-ring (bicyclic) bond motifs is 4. The van der Waals surface area contributed by atoms with Crippen LogP contribution in [0.3, 0.4) is 0 Å². The summed E-state index contributed by atoms with van der Waals surface area (Å²) < 4.78 is 16.4. The Bertz CT molecular complexity index is 2040. The van der Waals surface area contributed by atoms with Crippen LogP contribution in [0.15, 0.2) is 72.3 Å². The number of aromatic hydroxyl groups is 1. The van der Waals surface area contributed by atoms with Crippen LogP contribution in [0.25, 0.3) is 12.2 Å². The second-order valence-corrected chi connectivity index (χ2v) is 14.7. The lowest BCUT2D eigenvalue weighted by atomic mass is 9.56. The number of phenolic OH excluding ortho intramolecular Hbond substituents is 1. The van der Waals surface area contributed by atoms with E-state index >= 15 is 0 Å². The normalized spacial score (nSPS) is 28.5. The third-order valence-electron chi connectivity index (χ3n) is 10.6. The predicted molar refractivity (Wildman–Crippen MR) is 195 cm³/mol. The van der Waals surface area contributed by atoms with Gasteiger partial charge in [-0.05, 0) is 66.8 Å². The summed E-state index contributed by atoms with van der Waals surface area (Å²) in [5.74, 6) is -4.42. The van der Waals surface area contributed by atoms with Gasteiger partial charge in [0.2, 0.25) is 11.8 Å². The van der Waals surface area contributed by atoms with Gasteiger partial charge < -0.3 is 19.3 Å². The molecule has 3 aromatic carbocycles. The maximum Gasteiger partial charge on any atom is 0.254 e. The number of likely N-dealkylation sites (tertiary alicyclic amines) is 1. The van der Waals surface area contributed by atoms with E-state index in [2.05, 4.69) is 15.9 Å². The predicted octanol–water partition coefficient (Wildman–Crippen LogP) is 6.50. The summed E-state index contributed by atoms with van der Waals surface area (Å²) in [5, 5.41) is 11.2. The monoisotopic (exact) mass is 794 g/mol. The Balaban J connectivity index is 1.25. The van der Waals surface area contributed by atoms with Crippen LogP contribution in [0.1, 0.15) is 35.4 Å². The number of carbonyl (C=O) groups excluding carboxylic acids is 4. The molecule has 7 rings (SSSR count). The van der Waals surface area contributed by atoms with Crippen molar-refractivity contribution in [3.63, 3.8) is 0 Å². The molecule has 3 fully saturated rings. The van der Waals surface area contributed by atoms with Gasteiger partial charge in [0.1, 0.15) is 23.0 Å². The number of methoxy groups -OCH3 is 3. The van der Waals surface area contributed by atoms with Gasteiger partial charge in [-0.25, -0.2) is 0 Å². The van der Waals surface area contributed by atoms with Crippen molar-refractivity contribution in [2.75, 3.05) is 31.7 Å². The Labute approximate surface area is 312 Å². The average molecular weight is 796 g/mol. The molecule has 2 saturated heterocycles. The minimum absolute atomic E-state index is 0.155. The second-order valence-electron chi connectivity index (χ2n) is 12.9. The number of amides is 4. The zero-order valence-corrected chi connectivity index (χ0v) is 30.9. The van der Waals surface area contributed by atoms with Gasteiger partial charge in [0.25, 0.3) is 11.8 Å². The number of benzene rings is 3. The van der Waals surface area contributed by atoms with E-state index in [-0.39, 0.29) is 41.3 Å². The molecule has 0 aromatic heterocycles. The molecule has 4 aliphatic rings. The van der Waals surface area contributed by atoms with Gasteiger partial charge in [-0.1, -0.05) is 57.9 Å². The number of alkyl halides is 3. The van der Waals surface area contributed by atoms with Crippen molar-refractivity contribution in [1.82, 2.24) is 4.90 Å². The lowest BCUT2D eigenvalue weighted by molar-refractivity contribution is -0.138. The molecule has 6 atom stereocenters. The summed E-state index contributed by atoms with van der Waals surface area (Å²) >= 11 is 17.8. The van der Waals surface area contributed by atoms with Crippen LogP contribution in [-0.2, 0) is 19.2 Å². The number of phenols is 1. The highest BCUT2D eigenvalue weighted by molar-refractivity contribution is 9.09. The highest BCUT2D eigenvalue weighted by Crippen LogP contribution is 2.67. The number of hydrogen-bond acceptors (Lipinski definition) is 8. The Kier molecular flexibility index (Phi) is 8.96. The molecule has 4 amide bonds. The third-order valence-corrected chi connectivity index (χ3v) is 12.5. The number of imide groups is 2.